The highest BCUT2D eigenvalue weighted by atomic mass is 32.2. The summed E-state index contributed by atoms with van der Waals surface area (Å²) in [7, 11) is 1.09. The lowest BCUT2D eigenvalue weighted by Gasteiger charge is -2.18. The van der Waals surface area contributed by atoms with E-state index in [0.29, 0.717) is 46.8 Å². The zero-order chi connectivity index (χ0) is 23.0. The Morgan fingerprint density at radius 3 is 2.47 bits per heavy atom. The summed E-state index contributed by atoms with van der Waals surface area (Å²) in [5.41, 5.74) is 1.16. The van der Waals surface area contributed by atoms with Gasteiger partial charge in [-0.05, 0) is 30.7 Å². The normalized spacial score (nSPS) is 15.0. The first-order chi connectivity index (χ1) is 15.3. The van der Waals surface area contributed by atoms with Crippen LogP contribution in [-0.4, -0.2) is 58.0 Å². The van der Waals surface area contributed by atoms with Gasteiger partial charge < -0.3 is 29.6 Å². The molecule has 0 unspecified atom stereocenters. The number of nitrogens with one attached hydrogen (secondary N) is 2. The molecule has 0 spiro atoms. The first-order valence-electron chi connectivity index (χ1n) is 9.75. The van der Waals surface area contributed by atoms with Gasteiger partial charge >= 0.3 is 0 Å². The fourth-order valence-corrected chi connectivity index (χ4v) is 5.31. The molecule has 1 aromatic heterocycles. The second-order valence-electron chi connectivity index (χ2n) is 7.18. The molecular weight excluding hydrogens is 438 g/mol. The van der Waals surface area contributed by atoms with Crippen LogP contribution in [0.4, 0.5) is 11.4 Å². The van der Waals surface area contributed by atoms with Crippen molar-refractivity contribution < 1.29 is 32.5 Å². The number of methoxy groups -OCH3 is 3. The van der Waals surface area contributed by atoms with Gasteiger partial charge in [-0.15, -0.1) is 0 Å². The molecule has 0 bridgehead atoms. The lowest BCUT2D eigenvalue weighted by Crippen LogP contribution is -2.25. The standard InChI is InChI=1S/C21H23N3O7S/c1-29-17-11-18(30-2)20(31-3)19-13(17)10-15(22-19)21(26)23-14-9-12(5-6-16(14)25)24-7-4-8-32(24,27)28/h5-6,9-11,22,25H,4,7-8H2,1-3H3,(H,23,26). The average molecular weight is 461 g/mol. The zero-order valence-corrected chi connectivity index (χ0v) is 18.6. The van der Waals surface area contributed by atoms with Crippen LogP contribution in [-0.2, 0) is 10.0 Å². The first-order valence-corrected chi connectivity index (χ1v) is 11.4. The number of aromatic nitrogens is 1. The van der Waals surface area contributed by atoms with Crippen LogP contribution in [0.2, 0.25) is 0 Å². The number of H-pyrrole nitrogens is 1. The van der Waals surface area contributed by atoms with E-state index in [-0.39, 0.29) is 22.9 Å². The highest BCUT2D eigenvalue weighted by Crippen LogP contribution is 2.41. The number of aromatic hydroxyl groups is 1. The molecule has 2 aromatic carbocycles. The Balaban J connectivity index is 1.69. The number of benzene rings is 2. The number of rotatable bonds is 6. The number of fused-ring (bicyclic) bond motifs is 1. The van der Waals surface area contributed by atoms with Gasteiger partial charge in [-0.1, -0.05) is 0 Å². The Morgan fingerprint density at radius 1 is 1.09 bits per heavy atom. The van der Waals surface area contributed by atoms with E-state index in [1.807, 2.05) is 0 Å². The number of ether oxygens (including phenoxy) is 3. The van der Waals surface area contributed by atoms with Crippen LogP contribution in [0.5, 0.6) is 23.0 Å². The van der Waals surface area contributed by atoms with E-state index < -0.39 is 15.9 Å². The van der Waals surface area contributed by atoms with Gasteiger partial charge in [0.1, 0.15) is 17.2 Å². The molecule has 1 fully saturated rings. The van der Waals surface area contributed by atoms with Crippen molar-refractivity contribution in [3.05, 3.63) is 36.0 Å². The van der Waals surface area contributed by atoms with Gasteiger partial charge in [0, 0.05) is 18.0 Å². The maximum atomic E-state index is 13.0. The lowest BCUT2D eigenvalue weighted by atomic mass is 10.2. The summed E-state index contributed by atoms with van der Waals surface area (Å²) in [5.74, 6) is 0.663. The van der Waals surface area contributed by atoms with Crippen molar-refractivity contribution in [2.45, 2.75) is 6.42 Å². The van der Waals surface area contributed by atoms with Crippen LogP contribution in [0.1, 0.15) is 16.9 Å². The van der Waals surface area contributed by atoms with Crippen molar-refractivity contribution in [1.29, 1.82) is 0 Å². The van der Waals surface area contributed by atoms with E-state index >= 15 is 0 Å². The number of phenols is 1. The van der Waals surface area contributed by atoms with Crippen LogP contribution < -0.4 is 23.8 Å². The third-order valence-corrected chi connectivity index (χ3v) is 7.17. The van der Waals surface area contributed by atoms with Gasteiger partial charge in [-0.2, -0.15) is 0 Å². The topological polar surface area (TPSA) is 130 Å². The maximum Gasteiger partial charge on any atom is 0.272 e. The van der Waals surface area contributed by atoms with Crippen molar-refractivity contribution in [1.82, 2.24) is 4.98 Å². The van der Waals surface area contributed by atoms with Crippen LogP contribution in [0.3, 0.4) is 0 Å². The lowest BCUT2D eigenvalue weighted by molar-refractivity contribution is 0.102. The summed E-state index contributed by atoms with van der Waals surface area (Å²) in [5, 5.41) is 13.5. The summed E-state index contributed by atoms with van der Waals surface area (Å²) in [4.78, 5) is 16.0. The van der Waals surface area contributed by atoms with Crippen LogP contribution in [0.15, 0.2) is 30.3 Å². The summed E-state index contributed by atoms with van der Waals surface area (Å²) in [6.45, 7) is 0.351. The van der Waals surface area contributed by atoms with E-state index in [1.54, 1.807) is 12.1 Å². The molecule has 170 valence electrons. The van der Waals surface area contributed by atoms with E-state index in [9.17, 15) is 18.3 Å². The number of nitrogens with zero attached hydrogens (tertiary/aromatic N) is 1. The number of hydrogen-bond acceptors (Lipinski definition) is 7. The number of amides is 1. The second-order valence-corrected chi connectivity index (χ2v) is 9.20. The molecule has 10 nitrogen and oxygen atoms in total. The van der Waals surface area contributed by atoms with Gasteiger partial charge in [0.2, 0.25) is 10.0 Å². The minimum absolute atomic E-state index is 0.0672. The van der Waals surface area contributed by atoms with Crippen molar-refractivity contribution in [3.63, 3.8) is 0 Å². The molecule has 0 aliphatic carbocycles. The molecule has 2 heterocycles. The van der Waals surface area contributed by atoms with Gasteiger partial charge in [0.25, 0.3) is 5.91 Å². The minimum Gasteiger partial charge on any atom is -0.506 e. The SMILES string of the molecule is COc1cc(OC)c2cc(C(=O)Nc3cc(N4CCCS4(=O)=O)ccc3O)[nH]c2c1OC. The van der Waals surface area contributed by atoms with E-state index in [1.165, 1.54) is 43.8 Å². The van der Waals surface area contributed by atoms with Crippen molar-refractivity contribution in [3.8, 4) is 23.0 Å². The number of hydrogen-bond donors (Lipinski definition) is 3. The Bertz CT molecular complexity index is 1300. The Morgan fingerprint density at radius 2 is 1.84 bits per heavy atom. The number of sulfonamides is 1. The third-order valence-electron chi connectivity index (χ3n) is 5.30. The molecule has 3 N–H and O–H groups in total. The Labute approximate surface area is 184 Å². The summed E-state index contributed by atoms with van der Waals surface area (Å²) in [6.07, 6.45) is 0.521. The number of aromatic amines is 1. The number of carbonyl (C=O) groups excluding carboxylic acids is 1. The molecule has 1 aliphatic rings. The van der Waals surface area contributed by atoms with E-state index in [0.717, 1.165) is 0 Å². The molecule has 1 aliphatic heterocycles. The molecule has 32 heavy (non-hydrogen) atoms. The fourth-order valence-electron chi connectivity index (χ4n) is 3.76. The summed E-state index contributed by atoms with van der Waals surface area (Å²) >= 11 is 0. The van der Waals surface area contributed by atoms with Crippen LogP contribution >= 0.6 is 0 Å². The largest absolute Gasteiger partial charge is 0.506 e. The predicted molar refractivity (Wildman–Crippen MR) is 120 cm³/mol. The molecular formula is C21H23N3O7S. The van der Waals surface area contributed by atoms with Crippen molar-refractivity contribution in [2.75, 3.05) is 43.2 Å². The fraction of sp³-hybridized carbons (Fsp3) is 0.286. The van der Waals surface area contributed by atoms with Gasteiger partial charge in [0.05, 0.1) is 44.0 Å². The summed E-state index contributed by atoms with van der Waals surface area (Å²) in [6, 6.07) is 7.53. The van der Waals surface area contributed by atoms with E-state index in [4.69, 9.17) is 14.2 Å². The van der Waals surface area contributed by atoms with Crippen molar-refractivity contribution in [2.24, 2.45) is 0 Å². The second kappa shape index (κ2) is 8.15. The van der Waals surface area contributed by atoms with Crippen molar-refractivity contribution >= 4 is 38.2 Å². The smallest absolute Gasteiger partial charge is 0.272 e. The molecule has 3 aromatic rings. The number of anilines is 2. The molecule has 11 heteroatoms. The molecule has 4 rings (SSSR count). The van der Waals surface area contributed by atoms with Crippen LogP contribution in [0.25, 0.3) is 10.9 Å². The molecule has 0 atom stereocenters. The predicted octanol–water partition coefficient (Wildman–Crippen LogP) is 2.69. The monoisotopic (exact) mass is 461 g/mol. The van der Waals surface area contributed by atoms with Crippen LogP contribution in [0, 0.1) is 0 Å². The zero-order valence-electron chi connectivity index (χ0n) is 17.8. The third kappa shape index (κ3) is 3.64. The minimum atomic E-state index is -3.40. The number of phenolic OH excluding ortho intramolecular Hbond substituents is 1. The first kappa shape index (κ1) is 21.6. The number of carbonyl (C=O) groups is 1. The van der Waals surface area contributed by atoms with Gasteiger partial charge in [-0.25, -0.2) is 8.42 Å². The molecule has 0 radical (unpaired) electrons. The molecule has 0 saturated carbocycles. The molecule has 1 saturated heterocycles. The van der Waals surface area contributed by atoms with Gasteiger partial charge in [0.15, 0.2) is 11.5 Å². The average Bonchev–Trinajstić information content (AvgIpc) is 3.37. The Kier molecular flexibility index (Phi) is 5.51. The van der Waals surface area contributed by atoms with Gasteiger partial charge in [-0.3, -0.25) is 9.10 Å². The maximum absolute atomic E-state index is 13.0. The highest BCUT2D eigenvalue weighted by Gasteiger charge is 2.29. The van der Waals surface area contributed by atoms with E-state index in [2.05, 4.69) is 10.3 Å². The Hall–Kier alpha value is -3.60. The summed E-state index contributed by atoms with van der Waals surface area (Å²) < 4.78 is 41.9. The highest BCUT2D eigenvalue weighted by molar-refractivity contribution is 7.93. The quantitative estimate of drug-likeness (QED) is 0.481. The molecule has 1 amide bonds.